The van der Waals surface area contributed by atoms with Gasteiger partial charge in [0.25, 0.3) is 0 Å². The van der Waals surface area contributed by atoms with Gasteiger partial charge in [0.15, 0.2) is 5.78 Å². The minimum Gasteiger partial charge on any atom is -0.289 e. The molecular weight excluding hydrogens is 372 g/mol. The van der Waals surface area contributed by atoms with Crippen molar-refractivity contribution in [2.75, 3.05) is 0 Å². The molecule has 0 aliphatic carbocycles. The second-order valence-electron chi connectivity index (χ2n) is 5.55. The van der Waals surface area contributed by atoms with E-state index in [0.29, 0.717) is 21.7 Å². The highest BCUT2D eigenvalue weighted by atomic mass is 35.5. The number of nitrogens with zero attached hydrogens (tertiary/aromatic N) is 1. The lowest BCUT2D eigenvalue weighted by atomic mass is 10.0. The summed E-state index contributed by atoms with van der Waals surface area (Å²) in [6.07, 6.45) is 3.09. The first-order valence-corrected chi connectivity index (χ1v) is 9.61. The number of carbonyl (C=O) groups excluding carboxylic acids is 1. The van der Waals surface area contributed by atoms with Crippen molar-refractivity contribution in [1.29, 1.82) is 0 Å². The summed E-state index contributed by atoms with van der Waals surface area (Å²) in [5.74, 6) is -0.166. The number of nitrogens with one attached hydrogen (secondary N) is 1. The number of pyridine rings is 1. The van der Waals surface area contributed by atoms with Crippen molar-refractivity contribution in [2.45, 2.75) is 11.4 Å². The standard InChI is InChI=1S/C19H15ClN2O3S/c20-17-6-8-18(9-7-17)26(24,25)22-12-14-3-1-4-15(11-14)19(23)16-5-2-10-21-13-16/h1-11,13,22H,12H2. The first-order chi connectivity index (χ1) is 12.5. The number of carbonyl (C=O) groups is 1. The highest BCUT2D eigenvalue weighted by molar-refractivity contribution is 7.89. The maximum absolute atomic E-state index is 12.5. The van der Waals surface area contributed by atoms with Crippen molar-refractivity contribution in [1.82, 2.24) is 9.71 Å². The molecule has 0 atom stereocenters. The number of rotatable bonds is 6. The molecule has 0 amide bonds. The fraction of sp³-hybridized carbons (Fsp3) is 0.0526. The minimum absolute atomic E-state index is 0.0686. The predicted molar refractivity (Wildman–Crippen MR) is 99.6 cm³/mol. The third-order valence-corrected chi connectivity index (χ3v) is 5.37. The number of sulfonamides is 1. The lowest BCUT2D eigenvalue weighted by Crippen LogP contribution is -2.23. The van der Waals surface area contributed by atoms with Crippen LogP contribution >= 0.6 is 11.6 Å². The van der Waals surface area contributed by atoms with Gasteiger partial charge >= 0.3 is 0 Å². The maximum Gasteiger partial charge on any atom is 0.240 e. The lowest BCUT2D eigenvalue weighted by Gasteiger charge is -2.08. The van der Waals surface area contributed by atoms with Crippen molar-refractivity contribution >= 4 is 27.4 Å². The molecule has 2 aromatic carbocycles. The Morgan fingerprint density at radius 3 is 2.42 bits per heavy atom. The molecule has 0 aliphatic heterocycles. The Morgan fingerprint density at radius 2 is 1.73 bits per heavy atom. The van der Waals surface area contributed by atoms with Gasteiger partial charge in [0, 0.05) is 35.1 Å². The van der Waals surface area contributed by atoms with E-state index in [1.807, 2.05) is 0 Å². The molecule has 3 rings (SSSR count). The molecule has 3 aromatic rings. The van der Waals surface area contributed by atoms with Gasteiger partial charge in [-0.05, 0) is 48.0 Å². The zero-order valence-corrected chi connectivity index (χ0v) is 15.2. The van der Waals surface area contributed by atoms with E-state index < -0.39 is 10.0 Å². The van der Waals surface area contributed by atoms with Gasteiger partial charge in [0.1, 0.15) is 0 Å². The third kappa shape index (κ3) is 4.35. The lowest BCUT2D eigenvalue weighted by molar-refractivity contribution is 0.103. The second-order valence-corrected chi connectivity index (χ2v) is 7.75. The summed E-state index contributed by atoms with van der Waals surface area (Å²) < 4.78 is 27.2. The summed E-state index contributed by atoms with van der Waals surface area (Å²) in [5.41, 5.74) is 1.63. The van der Waals surface area contributed by atoms with Gasteiger partial charge in [-0.15, -0.1) is 0 Å². The molecule has 0 radical (unpaired) electrons. The van der Waals surface area contributed by atoms with E-state index in [2.05, 4.69) is 9.71 Å². The molecule has 132 valence electrons. The van der Waals surface area contributed by atoms with Gasteiger partial charge in [-0.3, -0.25) is 9.78 Å². The molecule has 0 aliphatic rings. The van der Waals surface area contributed by atoms with Crippen LogP contribution in [0.1, 0.15) is 21.5 Å². The number of hydrogen-bond acceptors (Lipinski definition) is 4. The molecule has 5 nitrogen and oxygen atoms in total. The van der Waals surface area contributed by atoms with Crippen LogP contribution in [0.2, 0.25) is 5.02 Å². The van der Waals surface area contributed by atoms with Crippen LogP contribution in [0.25, 0.3) is 0 Å². The quantitative estimate of drug-likeness (QED) is 0.658. The molecule has 0 spiro atoms. The van der Waals surface area contributed by atoms with Gasteiger partial charge in [0.2, 0.25) is 10.0 Å². The van der Waals surface area contributed by atoms with Crippen LogP contribution in [0.5, 0.6) is 0 Å². The molecule has 0 saturated carbocycles. The summed E-state index contributed by atoms with van der Waals surface area (Å²) in [5, 5.41) is 0.463. The van der Waals surface area contributed by atoms with Crippen molar-refractivity contribution in [2.24, 2.45) is 0 Å². The predicted octanol–water partition coefficient (Wildman–Crippen LogP) is 3.44. The Morgan fingerprint density at radius 1 is 1.00 bits per heavy atom. The highest BCUT2D eigenvalue weighted by Gasteiger charge is 2.14. The van der Waals surface area contributed by atoms with E-state index in [1.165, 1.54) is 30.5 Å². The molecular formula is C19H15ClN2O3S. The number of ketones is 1. The largest absolute Gasteiger partial charge is 0.289 e. The first kappa shape index (κ1) is 18.3. The Labute approximate surface area is 156 Å². The molecule has 0 saturated heterocycles. The Balaban J connectivity index is 1.75. The van der Waals surface area contributed by atoms with Crippen LogP contribution in [0.4, 0.5) is 0 Å². The molecule has 0 bridgehead atoms. The van der Waals surface area contributed by atoms with Crippen molar-refractivity contribution in [3.05, 3.63) is 94.8 Å². The summed E-state index contributed by atoms with van der Waals surface area (Å²) >= 11 is 5.78. The van der Waals surface area contributed by atoms with Gasteiger partial charge in [-0.25, -0.2) is 13.1 Å². The van der Waals surface area contributed by atoms with Gasteiger partial charge < -0.3 is 0 Å². The average Bonchev–Trinajstić information content (AvgIpc) is 2.67. The Bertz CT molecular complexity index is 1020. The fourth-order valence-electron chi connectivity index (χ4n) is 2.36. The normalized spacial score (nSPS) is 11.3. The van der Waals surface area contributed by atoms with E-state index >= 15 is 0 Å². The summed E-state index contributed by atoms with van der Waals surface area (Å²) in [7, 11) is -3.66. The van der Waals surface area contributed by atoms with Crippen LogP contribution in [0, 0.1) is 0 Å². The van der Waals surface area contributed by atoms with Crippen molar-refractivity contribution in [3.63, 3.8) is 0 Å². The van der Waals surface area contributed by atoms with Crippen LogP contribution in [-0.4, -0.2) is 19.2 Å². The van der Waals surface area contributed by atoms with Gasteiger partial charge in [0.05, 0.1) is 4.90 Å². The smallest absolute Gasteiger partial charge is 0.240 e. The van der Waals surface area contributed by atoms with Crippen LogP contribution < -0.4 is 4.72 Å². The van der Waals surface area contributed by atoms with Gasteiger partial charge in [-0.1, -0.05) is 29.8 Å². The third-order valence-electron chi connectivity index (χ3n) is 3.70. The highest BCUT2D eigenvalue weighted by Crippen LogP contribution is 2.15. The molecule has 26 heavy (non-hydrogen) atoms. The minimum atomic E-state index is -3.66. The monoisotopic (exact) mass is 386 g/mol. The number of hydrogen-bond donors (Lipinski definition) is 1. The summed E-state index contributed by atoms with van der Waals surface area (Å²) in [4.78, 5) is 16.5. The van der Waals surface area contributed by atoms with Crippen molar-refractivity contribution < 1.29 is 13.2 Å². The molecule has 0 unspecified atom stereocenters. The topological polar surface area (TPSA) is 76.1 Å². The number of benzene rings is 2. The Kier molecular flexibility index (Phi) is 5.46. The summed E-state index contributed by atoms with van der Waals surface area (Å²) in [6.45, 7) is 0.0686. The van der Waals surface area contributed by atoms with Gasteiger partial charge in [-0.2, -0.15) is 0 Å². The molecule has 7 heteroatoms. The van der Waals surface area contributed by atoms with Crippen molar-refractivity contribution in [3.8, 4) is 0 Å². The molecule has 1 heterocycles. The molecule has 0 fully saturated rings. The maximum atomic E-state index is 12.5. The van der Waals surface area contributed by atoms with E-state index in [0.717, 1.165) is 0 Å². The van der Waals surface area contributed by atoms with Crippen LogP contribution in [-0.2, 0) is 16.6 Å². The second kappa shape index (κ2) is 7.78. The van der Waals surface area contributed by atoms with Crippen LogP contribution in [0.3, 0.4) is 0 Å². The number of aromatic nitrogens is 1. The first-order valence-electron chi connectivity index (χ1n) is 7.74. The fourth-order valence-corrected chi connectivity index (χ4v) is 3.51. The van der Waals surface area contributed by atoms with E-state index in [-0.39, 0.29) is 17.2 Å². The zero-order valence-electron chi connectivity index (χ0n) is 13.6. The zero-order chi connectivity index (χ0) is 18.6. The van der Waals surface area contributed by atoms with Crippen LogP contribution in [0.15, 0.2) is 78.0 Å². The SMILES string of the molecule is O=C(c1cccnc1)c1cccc(CNS(=O)(=O)c2ccc(Cl)cc2)c1. The van der Waals surface area contributed by atoms with E-state index in [4.69, 9.17) is 11.6 Å². The molecule has 1 aromatic heterocycles. The molecule has 1 N–H and O–H groups in total. The van der Waals surface area contributed by atoms with E-state index in [9.17, 15) is 13.2 Å². The number of halogens is 1. The van der Waals surface area contributed by atoms with E-state index in [1.54, 1.807) is 42.6 Å². The Hall–Kier alpha value is -2.54. The summed E-state index contributed by atoms with van der Waals surface area (Å²) in [6, 6.07) is 16.1. The average molecular weight is 387 g/mol.